The van der Waals surface area contributed by atoms with E-state index in [1.54, 1.807) is 16.9 Å². The highest BCUT2D eigenvalue weighted by molar-refractivity contribution is 5.96. The third-order valence-electron chi connectivity index (χ3n) is 2.42. The van der Waals surface area contributed by atoms with Crippen LogP contribution < -0.4 is 11.1 Å². The molecule has 0 bridgehead atoms. The molecule has 0 unspecified atom stereocenters. The number of nitrogens with zero attached hydrogens (tertiary/aromatic N) is 4. The van der Waals surface area contributed by atoms with Crippen molar-refractivity contribution in [3.05, 3.63) is 41.9 Å². The molecule has 0 spiro atoms. The molecule has 0 atom stereocenters. The molecular weight excluding hydrogens is 232 g/mol. The van der Waals surface area contributed by atoms with E-state index in [0.29, 0.717) is 12.2 Å². The summed E-state index contributed by atoms with van der Waals surface area (Å²) in [4.78, 5) is 4.09. The smallest absolute Gasteiger partial charge is 0.189 e. The molecule has 2 aromatic rings. The number of anilines is 1. The zero-order valence-electron chi connectivity index (χ0n) is 9.91. The van der Waals surface area contributed by atoms with Gasteiger partial charge in [0.1, 0.15) is 11.5 Å². The number of rotatable bonds is 4. The summed E-state index contributed by atoms with van der Waals surface area (Å²) in [6, 6.07) is 5.51. The van der Waals surface area contributed by atoms with E-state index in [-0.39, 0.29) is 5.84 Å². The van der Waals surface area contributed by atoms with E-state index < -0.39 is 0 Å². The fourth-order valence-corrected chi connectivity index (χ4v) is 1.55. The predicted octanol–water partition coefficient (Wildman–Crippen LogP) is 0.522. The van der Waals surface area contributed by atoms with Crippen LogP contribution in [-0.4, -0.2) is 25.8 Å². The number of hydrogen-bond donors (Lipinski definition) is 3. The molecule has 7 nitrogen and oxygen atoms in total. The second kappa shape index (κ2) is 5.17. The Labute approximate surface area is 104 Å². The van der Waals surface area contributed by atoms with Gasteiger partial charge in [0.25, 0.3) is 0 Å². The first-order valence-corrected chi connectivity index (χ1v) is 5.36. The lowest BCUT2D eigenvalue weighted by Crippen LogP contribution is -2.18. The Morgan fingerprint density at radius 1 is 1.56 bits per heavy atom. The van der Waals surface area contributed by atoms with Crippen molar-refractivity contribution in [1.82, 2.24) is 14.8 Å². The Morgan fingerprint density at radius 2 is 2.39 bits per heavy atom. The van der Waals surface area contributed by atoms with Crippen LogP contribution in [0.1, 0.15) is 11.3 Å². The summed E-state index contributed by atoms with van der Waals surface area (Å²) in [6.07, 6.45) is 3.44. The van der Waals surface area contributed by atoms with E-state index in [1.807, 2.05) is 25.4 Å². The van der Waals surface area contributed by atoms with Gasteiger partial charge in [-0.3, -0.25) is 9.67 Å². The molecular formula is C11H14N6O. The molecule has 0 aliphatic heterocycles. The average molecular weight is 246 g/mol. The van der Waals surface area contributed by atoms with Crippen LogP contribution in [-0.2, 0) is 13.6 Å². The normalized spacial score (nSPS) is 11.5. The Kier molecular flexibility index (Phi) is 3.42. The fraction of sp³-hybridized carbons (Fsp3) is 0.182. The van der Waals surface area contributed by atoms with Crippen molar-refractivity contribution in [2.45, 2.75) is 6.54 Å². The molecule has 0 fully saturated rings. The minimum absolute atomic E-state index is 0.00609. The molecule has 0 amide bonds. The Morgan fingerprint density at radius 3 is 3.06 bits per heavy atom. The topological polar surface area (TPSA) is 101 Å². The lowest BCUT2D eigenvalue weighted by molar-refractivity contribution is 0.318. The van der Waals surface area contributed by atoms with Gasteiger partial charge < -0.3 is 16.3 Å². The molecule has 2 heterocycles. The lowest BCUT2D eigenvalue weighted by atomic mass is 10.2. The minimum Gasteiger partial charge on any atom is -0.409 e. The summed E-state index contributed by atoms with van der Waals surface area (Å²) in [5.74, 6) is 0.750. The van der Waals surface area contributed by atoms with Gasteiger partial charge in [-0.1, -0.05) is 11.2 Å². The molecule has 0 aliphatic rings. The van der Waals surface area contributed by atoms with Crippen LogP contribution in [0.5, 0.6) is 0 Å². The van der Waals surface area contributed by atoms with Gasteiger partial charge in [0.15, 0.2) is 5.84 Å². The molecule has 94 valence electrons. The van der Waals surface area contributed by atoms with Gasteiger partial charge in [-0.2, -0.15) is 5.10 Å². The second-order valence-corrected chi connectivity index (χ2v) is 3.72. The summed E-state index contributed by atoms with van der Waals surface area (Å²) in [5, 5.41) is 19.0. The third kappa shape index (κ3) is 2.57. The lowest BCUT2D eigenvalue weighted by Gasteiger charge is -2.07. The Hall–Kier alpha value is -2.57. The first kappa shape index (κ1) is 11.9. The van der Waals surface area contributed by atoms with Gasteiger partial charge in [0.05, 0.1) is 0 Å². The summed E-state index contributed by atoms with van der Waals surface area (Å²) in [7, 11) is 1.84. The van der Waals surface area contributed by atoms with E-state index in [0.717, 1.165) is 11.4 Å². The average Bonchev–Trinajstić information content (AvgIpc) is 2.81. The zero-order valence-corrected chi connectivity index (χ0v) is 9.91. The SMILES string of the molecule is Cn1ccc(NCc2cccnc2C(N)=NO)n1. The van der Waals surface area contributed by atoms with Crippen LogP contribution in [0.2, 0.25) is 0 Å². The van der Waals surface area contributed by atoms with Crippen molar-refractivity contribution in [2.24, 2.45) is 17.9 Å². The van der Waals surface area contributed by atoms with Crippen molar-refractivity contribution in [1.29, 1.82) is 0 Å². The maximum atomic E-state index is 8.69. The third-order valence-corrected chi connectivity index (χ3v) is 2.42. The summed E-state index contributed by atoms with van der Waals surface area (Å²) in [5.41, 5.74) is 6.85. The van der Waals surface area contributed by atoms with Crippen LogP contribution in [0.4, 0.5) is 5.82 Å². The number of nitrogens with one attached hydrogen (secondary N) is 1. The van der Waals surface area contributed by atoms with Crippen molar-refractivity contribution in [2.75, 3.05) is 5.32 Å². The van der Waals surface area contributed by atoms with Gasteiger partial charge in [-0.15, -0.1) is 0 Å². The van der Waals surface area contributed by atoms with Gasteiger partial charge in [0.2, 0.25) is 0 Å². The minimum atomic E-state index is -0.00609. The number of pyridine rings is 1. The van der Waals surface area contributed by atoms with Crippen LogP contribution >= 0.6 is 0 Å². The van der Waals surface area contributed by atoms with Crippen molar-refractivity contribution >= 4 is 11.7 Å². The van der Waals surface area contributed by atoms with E-state index in [4.69, 9.17) is 10.9 Å². The summed E-state index contributed by atoms with van der Waals surface area (Å²) in [6.45, 7) is 0.496. The van der Waals surface area contributed by atoms with E-state index in [2.05, 4.69) is 20.6 Å². The van der Waals surface area contributed by atoms with Crippen molar-refractivity contribution < 1.29 is 5.21 Å². The maximum absolute atomic E-state index is 8.69. The first-order valence-electron chi connectivity index (χ1n) is 5.36. The van der Waals surface area contributed by atoms with Crippen LogP contribution in [0, 0.1) is 0 Å². The molecule has 18 heavy (non-hydrogen) atoms. The van der Waals surface area contributed by atoms with Crippen LogP contribution in [0.25, 0.3) is 0 Å². The molecule has 0 aromatic carbocycles. The molecule has 7 heteroatoms. The number of oxime groups is 1. The highest BCUT2D eigenvalue weighted by Gasteiger charge is 2.08. The monoisotopic (exact) mass is 246 g/mol. The number of aromatic nitrogens is 3. The highest BCUT2D eigenvalue weighted by atomic mass is 16.4. The number of nitrogens with two attached hydrogens (primary N) is 1. The maximum Gasteiger partial charge on any atom is 0.189 e. The Balaban J connectivity index is 2.14. The van der Waals surface area contributed by atoms with E-state index >= 15 is 0 Å². The van der Waals surface area contributed by atoms with Crippen molar-refractivity contribution in [3.63, 3.8) is 0 Å². The van der Waals surface area contributed by atoms with E-state index in [1.165, 1.54) is 0 Å². The quantitative estimate of drug-likeness (QED) is 0.316. The van der Waals surface area contributed by atoms with Gasteiger partial charge in [-0.05, 0) is 6.07 Å². The first-order chi connectivity index (χ1) is 8.70. The van der Waals surface area contributed by atoms with Gasteiger partial charge >= 0.3 is 0 Å². The molecule has 4 N–H and O–H groups in total. The summed E-state index contributed by atoms with van der Waals surface area (Å²) < 4.78 is 1.70. The predicted molar refractivity (Wildman–Crippen MR) is 67.3 cm³/mol. The standard InChI is InChI=1S/C11H14N6O/c1-17-6-4-9(15-17)14-7-8-3-2-5-13-10(8)11(12)16-18/h2-6,18H,7H2,1H3,(H2,12,16)(H,14,15). The molecule has 2 aromatic heterocycles. The number of amidine groups is 1. The molecule has 0 aliphatic carbocycles. The molecule has 2 rings (SSSR count). The van der Waals surface area contributed by atoms with Crippen LogP contribution in [0.3, 0.4) is 0 Å². The second-order valence-electron chi connectivity index (χ2n) is 3.72. The molecule has 0 saturated heterocycles. The number of hydrogen-bond acceptors (Lipinski definition) is 5. The van der Waals surface area contributed by atoms with Gasteiger partial charge in [-0.25, -0.2) is 0 Å². The Bertz CT molecular complexity index is 562. The van der Waals surface area contributed by atoms with E-state index in [9.17, 15) is 0 Å². The zero-order chi connectivity index (χ0) is 13.0. The molecule has 0 saturated carbocycles. The fourth-order valence-electron chi connectivity index (χ4n) is 1.55. The largest absolute Gasteiger partial charge is 0.409 e. The van der Waals surface area contributed by atoms with Gasteiger partial charge in [0, 0.05) is 37.6 Å². The number of aryl methyl sites for hydroxylation is 1. The summed E-state index contributed by atoms with van der Waals surface area (Å²) >= 11 is 0. The highest BCUT2D eigenvalue weighted by Crippen LogP contribution is 2.09. The van der Waals surface area contributed by atoms with Crippen molar-refractivity contribution in [3.8, 4) is 0 Å². The molecule has 0 radical (unpaired) electrons. The van der Waals surface area contributed by atoms with Crippen LogP contribution in [0.15, 0.2) is 35.7 Å².